The minimum Gasteiger partial charge on any atom is -0.394 e. The third-order valence-corrected chi connectivity index (χ3v) is 3.32. The number of nitrogen functional groups attached to an aromatic ring is 1. The van der Waals surface area contributed by atoms with Gasteiger partial charge in [-0.3, -0.25) is 9.78 Å². The van der Waals surface area contributed by atoms with Crippen molar-refractivity contribution in [1.29, 1.82) is 0 Å². The molecule has 0 atom stereocenters. The first kappa shape index (κ1) is 12.4. The number of benzene rings is 1. The van der Waals surface area contributed by atoms with Crippen molar-refractivity contribution in [2.24, 2.45) is 0 Å². The van der Waals surface area contributed by atoms with Crippen LogP contribution in [0.15, 0.2) is 53.5 Å². The van der Waals surface area contributed by atoms with E-state index in [0.29, 0.717) is 6.54 Å². The fraction of sp³-hybridized carbons (Fsp3) is 0.125. The number of para-hydroxylation sites is 1. The summed E-state index contributed by atoms with van der Waals surface area (Å²) in [7, 11) is 0. The van der Waals surface area contributed by atoms with Crippen LogP contribution in [0.4, 0.5) is 5.69 Å². The first-order valence-electron chi connectivity index (χ1n) is 6.45. The molecule has 100 valence electrons. The lowest BCUT2D eigenvalue weighted by atomic mass is 10.1. The number of rotatable bonds is 2. The van der Waals surface area contributed by atoms with Gasteiger partial charge in [0.1, 0.15) is 0 Å². The minimum absolute atomic E-state index is 0.161. The predicted molar refractivity (Wildman–Crippen MR) is 80.7 cm³/mol. The molecule has 0 aliphatic heterocycles. The molecule has 20 heavy (non-hydrogen) atoms. The summed E-state index contributed by atoms with van der Waals surface area (Å²) in [5.74, 6) is 0. The molecule has 0 saturated carbocycles. The molecule has 2 N–H and O–H groups in total. The summed E-state index contributed by atoms with van der Waals surface area (Å²) in [6.45, 7) is 2.45. The number of aryl methyl sites for hydroxylation is 1. The molecule has 0 aliphatic rings. The lowest BCUT2D eigenvalue weighted by Crippen LogP contribution is -2.22. The highest BCUT2D eigenvalue weighted by Gasteiger charge is 2.06. The Balaban J connectivity index is 2.15. The van der Waals surface area contributed by atoms with Crippen LogP contribution < -0.4 is 11.3 Å². The van der Waals surface area contributed by atoms with Gasteiger partial charge in [0, 0.05) is 17.3 Å². The van der Waals surface area contributed by atoms with Gasteiger partial charge in [-0.15, -0.1) is 0 Å². The van der Waals surface area contributed by atoms with Crippen molar-refractivity contribution < 1.29 is 0 Å². The van der Waals surface area contributed by atoms with Crippen molar-refractivity contribution >= 4 is 16.6 Å². The van der Waals surface area contributed by atoms with Gasteiger partial charge in [-0.25, -0.2) is 0 Å². The maximum Gasteiger partial charge on any atom is 0.273 e. The summed E-state index contributed by atoms with van der Waals surface area (Å²) in [5, 5.41) is 1.06. The normalized spacial score (nSPS) is 10.8. The highest BCUT2D eigenvalue weighted by molar-refractivity contribution is 5.82. The van der Waals surface area contributed by atoms with Crippen LogP contribution in [0.5, 0.6) is 0 Å². The Morgan fingerprint density at radius 1 is 1.20 bits per heavy atom. The van der Waals surface area contributed by atoms with Crippen LogP contribution in [-0.2, 0) is 6.54 Å². The number of fused-ring (bicyclic) bond motifs is 1. The SMILES string of the molecule is Cc1cc(Cn2cccc(N)c2=O)c2ccccc2n1. The predicted octanol–water partition coefficient (Wildman–Crippen LogP) is 2.34. The maximum absolute atomic E-state index is 12.0. The molecule has 4 heteroatoms. The second kappa shape index (κ2) is 4.81. The van der Waals surface area contributed by atoms with E-state index < -0.39 is 0 Å². The van der Waals surface area contributed by atoms with Crippen LogP contribution >= 0.6 is 0 Å². The van der Waals surface area contributed by atoms with Gasteiger partial charge in [0.2, 0.25) is 0 Å². The van der Waals surface area contributed by atoms with Gasteiger partial charge in [-0.2, -0.15) is 0 Å². The van der Waals surface area contributed by atoms with E-state index in [0.717, 1.165) is 22.2 Å². The summed E-state index contributed by atoms with van der Waals surface area (Å²) >= 11 is 0. The van der Waals surface area contributed by atoms with Gasteiger partial charge >= 0.3 is 0 Å². The van der Waals surface area contributed by atoms with E-state index >= 15 is 0 Å². The first-order valence-corrected chi connectivity index (χ1v) is 6.45. The Bertz CT molecular complexity index is 836. The average molecular weight is 265 g/mol. The van der Waals surface area contributed by atoms with Crippen LogP contribution in [0.2, 0.25) is 0 Å². The Hall–Kier alpha value is -2.62. The van der Waals surface area contributed by atoms with Crippen molar-refractivity contribution in [1.82, 2.24) is 9.55 Å². The summed E-state index contributed by atoms with van der Waals surface area (Å²) in [6, 6.07) is 13.4. The van der Waals surface area contributed by atoms with E-state index in [9.17, 15) is 4.79 Å². The lowest BCUT2D eigenvalue weighted by molar-refractivity contribution is 0.765. The topological polar surface area (TPSA) is 60.9 Å². The second-order valence-electron chi connectivity index (χ2n) is 4.84. The Labute approximate surface area is 116 Å². The van der Waals surface area contributed by atoms with Gasteiger partial charge in [-0.05, 0) is 36.8 Å². The largest absolute Gasteiger partial charge is 0.394 e. The highest BCUT2D eigenvalue weighted by Crippen LogP contribution is 2.18. The van der Waals surface area contributed by atoms with E-state index in [2.05, 4.69) is 4.98 Å². The molecule has 4 nitrogen and oxygen atoms in total. The molecular formula is C16H15N3O. The third-order valence-electron chi connectivity index (χ3n) is 3.32. The first-order chi connectivity index (χ1) is 9.65. The fourth-order valence-corrected chi connectivity index (χ4v) is 2.39. The third kappa shape index (κ3) is 2.16. The quantitative estimate of drug-likeness (QED) is 0.773. The molecule has 2 aromatic heterocycles. The van der Waals surface area contributed by atoms with E-state index in [1.165, 1.54) is 0 Å². The maximum atomic E-state index is 12.0. The molecule has 0 unspecified atom stereocenters. The van der Waals surface area contributed by atoms with Crippen molar-refractivity contribution in [3.05, 3.63) is 70.3 Å². The molecule has 3 aromatic rings. The van der Waals surface area contributed by atoms with Crippen molar-refractivity contribution in [3.63, 3.8) is 0 Å². The number of nitrogens with two attached hydrogens (primary N) is 1. The zero-order valence-corrected chi connectivity index (χ0v) is 11.2. The summed E-state index contributed by atoms with van der Waals surface area (Å²) in [4.78, 5) is 16.5. The molecule has 0 spiro atoms. The summed E-state index contributed by atoms with van der Waals surface area (Å²) in [5.41, 5.74) is 8.73. The van der Waals surface area contributed by atoms with Gasteiger partial charge in [-0.1, -0.05) is 18.2 Å². The number of aromatic nitrogens is 2. The second-order valence-corrected chi connectivity index (χ2v) is 4.84. The van der Waals surface area contributed by atoms with Crippen molar-refractivity contribution in [2.45, 2.75) is 13.5 Å². The number of hydrogen-bond donors (Lipinski definition) is 1. The molecule has 0 fully saturated rings. The fourth-order valence-electron chi connectivity index (χ4n) is 2.39. The van der Waals surface area contributed by atoms with Crippen molar-refractivity contribution in [2.75, 3.05) is 5.73 Å². The van der Waals surface area contributed by atoms with Gasteiger partial charge in [0.05, 0.1) is 17.7 Å². The molecule has 0 aliphatic carbocycles. The zero-order chi connectivity index (χ0) is 14.1. The number of hydrogen-bond acceptors (Lipinski definition) is 3. The number of pyridine rings is 2. The molecule has 0 amide bonds. The molecule has 0 bridgehead atoms. The Kier molecular flexibility index (Phi) is 2.99. The monoisotopic (exact) mass is 265 g/mol. The molecule has 2 heterocycles. The average Bonchev–Trinajstić information content (AvgIpc) is 2.43. The summed E-state index contributed by atoms with van der Waals surface area (Å²) in [6.07, 6.45) is 1.75. The Morgan fingerprint density at radius 2 is 2.00 bits per heavy atom. The van der Waals surface area contributed by atoms with Crippen LogP contribution in [0.25, 0.3) is 10.9 Å². The van der Waals surface area contributed by atoms with Gasteiger partial charge in [0.15, 0.2) is 0 Å². The smallest absolute Gasteiger partial charge is 0.273 e. The van der Waals surface area contributed by atoms with Crippen LogP contribution in [0, 0.1) is 6.92 Å². The molecule has 0 saturated heterocycles. The molecule has 3 rings (SSSR count). The van der Waals surface area contributed by atoms with Crippen LogP contribution in [0.1, 0.15) is 11.3 Å². The van der Waals surface area contributed by atoms with Crippen LogP contribution in [0.3, 0.4) is 0 Å². The number of anilines is 1. The lowest BCUT2D eigenvalue weighted by Gasteiger charge is -2.10. The van der Waals surface area contributed by atoms with E-state index in [1.54, 1.807) is 22.9 Å². The standard InChI is InChI=1S/C16H15N3O/c1-11-9-12(13-5-2-3-7-15(13)18-11)10-19-8-4-6-14(17)16(19)20/h2-9H,10,17H2,1H3. The zero-order valence-electron chi connectivity index (χ0n) is 11.2. The Morgan fingerprint density at radius 3 is 2.85 bits per heavy atom. The van der Waals surface area contributed by atoms with E-state index in [4.69, 9.17) is 5.73 Å². The molecule has 1 aromatic carbocycles. The van der Waals surface area contributed by atoms with Crippen LogP contribution in [-0.4, -0.2) is 9.55 Å². The van der Waals surface area contributed by atoms with E-state index in [-0.39, 0.29) is 11.2 Å². The molecular weight excluding hydrogens is 250 g/mol. The van der Waals surface area contributed by atoms with E-state index in [1.807, 2.05) is 37.3 Å². The summed E-state index contributed by atoms with van der Waals surface area (Å²) < 4.78 is 1.62. The highest BCUT2D eigenvalue weighted by atomic mass is 16.1. The number of nitrogens with zero attached hydrogens (tertiary/aromatic N) is 2. The molecule has 0 radical (unpaired) electrons. The minimum atomic E-state index is -0.161. The van der Waals surface area contributed by atoms with Gasteiger partial charge < -0.3 is 10.3 Å². The van der Waals surface area contributed by atoms with Gasteiger partial charge in [0.25, 0.3) is 5.56 Å². The van der Waals surface area contributed by atoms with Crippen molar-refractivity contribution in [3.8, 4) is 0 Å².